The molecule has 0 radical (unpaired) electrons. The smallest absolute Gasteiger partial charge is 0.289 e. The first-order chi connectivity index (χ1) is 17.7. The molecule has 0 aliphatic carbocycles. The fraction of sp³-hybridized carbons (Fsp3) is 0.407. The van der Waals surface area contributed by atoms with Gasteiger partial charge in [0.2, 0.25) is 5.82 Å². The first kappa shape index (κ1) is 24.8. The maximum atomic E-state index is 13.1. The Balaban J connectivity index is 1.65. The van der Waals surface area contributed by atoms with Crippen LogP contribution in [0.5, 0.6) is 5.75 Å². The maximum absolute atomic E-state index is 13.1. The van der Waals surface area contributed by atoms with E-state index in [0.717, 1.165) is 41.1 Å². The summed E-state index contributed by atoms with van der Waals surface area (Å²) < 4.78 is 8.94. The molecule has 1 saturated heterocycles. The van der Waals surface area contributed by atoms with E-state index in [2.05, 4.69) is 39.4 Å². The van der Waals surface area contributed by atoms with Crippen LogP contribution in [0.25, 0.3) is 28.0 Å². The van der Waals surface area contributed by atoms with Crippen molar-refractivity contribution < 1.29 is 14.6 Å². The zero-order chi connectivity index (χ0) is 26.3. The quantitative estimate of drug-likeness (QED) is 0.413. The third-order valence-electron chi connectivity index (χ3n) is 6.55. The number of benzene rings is 2. The van der Waals surface area contributed by atoms with Gasteiger partial charge < -0.3 is 20.1 Å². The average Bonchev–Trinajstić information content (AvgIpc) is 3.45. The first-order valence-corrected chi connectivity index (χ1v) is 12.6. The second-order valence-corrected chi connectivity index (χ2v) is 9.98. The van der Waals surface area contributed by atoms with E-state index in [1.165, 1.54) is 0 Å². The molecule has 1 aliphatic rings. The highest BCUT2D eigenvalue weighted by molar-refractivity contribution is 5.94. The van der Waals surface area contributed by atoms with Crippen molar-refractivity contribution >= 4 is 22.5 Å². The molecule has 1 fully saturated rings. The van der Waals surface area contributed by atoms with Gasteiger partial charge in [-0.05, 0) is 50.1 Å². The molecule has 5 rings (SSSR count). The molecule has 0 atom stereocenters. The van der Waals surface area contributed by atoms with Gasteiger partial charge in [-0.2, -0.15) is 5.10 Å². The SMILES string of the molecule is CC(C)NC(=O)c1nnc(-c2cc3c(C(C)C)nn(C)c3cc2O)n1-c1ccc(N2CCOCC2)cc1. The number of aromatic hydroxyl groups is 1. The summed E-state index contributed by atoms with van der Waals surface area (Å²) in [5, 5.41) is 28.2. The van der Waals surface area contributed by atoms with E-state index in [4.69, 9.17) is 4.74 Å². The summed E-state index contributed by atoms with van der Waals surface area (Å²) in [6.07, 6.45) is 0. The van der Waals surface area contributed by atoms with Crippen LogP contribution >= 0.6 is 0 Å². The summed E-state index contributed by atoms with van der Waals surface area (Å²) in [5.41, 5.74) is 4.04. The number of nitrogens with zero attached hydrogens (tertiary/aromatic N) is 6. The van der Waals surface area contributed by atoms with Gasteiger partial charge in [0.05, 0.1) is 30.0 Å². The van der Waals surface area contributed by atoms with Gasteiger partial charge in [0, 0.05) is 49.0 Å². The van der Waals surface area contributed by atoms with Crippen molar-refractivity contribution in [2.24, 2.45) is 7.05 Å². The number of nitrogens with one attached hydrogen (secondary N) is 1. The topological polar surface area (TPSA) is 110 Å². The van der Waals surface area contributed by atoms with Gasteiger partial charge in [-0.15, -0.1) is 10.2 Å². The normalized spacial score (nSPS) is 14.2. The predicted molar refractivity (Wildman–Crippen MR) is 142 cm³/mol. The van der Waals surface area contributed by atoms with Gasteiger partial charge in [-0.25, -0.2) is 0 Å². The minimum Gasteiger partial charge on any atom is -0.507 e. The number of hydrogen-bond acceptors (Lipinski definition) is 7. The van der Waals surface area contributed by atoms with E-state index in [0.29, 0.717) is 24.6 Å². The molecular weight excluding hydrogens is 470 g/mol. The number of rotatable bonds is 6. The Kier molecular flexibility index (Phi) is 6.59. The van der Waals surface area contributed by atoms with Crippen molar-refractivity contribution in [2.45, 2.75) is 39.7 Å². The Labute approximate surface area is 215 Å². The molecule has 1 amide bonds. The Morgan fingerprint density at radius 2 is 1.70 bits per heavy atom. The highest BCUT2D eigenvalue weighted by Gasteiger charge is 2.25. The van der Waals surface area contributed by atoms with Crippen LogP contribution in [0.15, 0.2) is 36.4 Å². The summed E-state index contributed by atoms with van der Waals surface area (Å²) >= 11 is 0. The predicted octanol–water partition coefficient (Wildman–Crippen LogP) is 3.62. The molecule has 37 heavy (non-hydrogen) atoms. The number of carbonyl (C=O) groups is 1. The number of phenolic OH excluding ortho intramolecular Hbond substituents is 1. The Hall–Kier alpha value is -3.92. The molecule has 194 valence electrons. The van der Waals surface area contributed by atoms with E-state index < -0.39 is 0 Å². The van der Waals surface area contributed by atoms with Crippen molar-refractivity contribution in [1.82, 2.24) is 29.9 Å². The largest absolute Gasteiger partial charge is 0.507 e. The van der Waals surface area contributed by atoms with E-state index in [-0.39, 0.29) is 29.4 Å². The fourth-order valence-corrected chi connectivity index (χ4v) is 4.74. The molecule has 0 saturated carbocycles. The number of phenols is 1. The first-order valence-electron chi connectivity index (χ1n) is 12.6. The van der Waals surface area contributed by atoms with E-state index in [9.17, 15) is 9.90 Å². The van der Waals surface area contributed by atoms with Gasteiger partial charge >= 0.3 is 0 Å². The number of aryl methyl sites for hydroxylation is 1. The molecule has 3 heterocycles. The lowest BCUT2D eigenvalue weighted by atomic mass is 10.0. The number of fused-ring (bicyclic) bond motifs is 1. The number of amides is 1. The van der Waals surface area contributed by atoms with Crippen molar-refractivity contribution in [3.63, 3.8) is 0 Å². The van der Waals surface area contributed by atoms with E-state index in [1.807, 2.05) is 51.2 Å². The Bertz CT molecular complexity index is 1430. The molecule has 4 aromatic rings. The summed E-state index contributed by atoms with van der Waals surface area (Å²) in [6, 6.07) is 11.5. The standard InChI is InChI=1S/C27H33N7O3/c1-16(2)24-20-14-21(23(35)15-22(20)32(5)31-24)25-29-30-26(27(36)28-17(3)4)34(25)19-8-6-18(7-9-19)33-10-12-37-13-11-33/h6-9,14-17,35H,10-13H2,1-5H3,(H,28,36). The van der Waals surface area contributed by atoms with Crippen LogP contribution in [0.2, 0.25) is 0 Å². The van der Waals surface area contributed by atoms with Gasteiger partial charge in [0.25, 0.3) is 5.91 Å². The van der Waals surface area contributed by atoms with Gasteiger partial charge in [-0.3, -0.25) is 14.0 Å². The molecule has 0 bridgehead atoms. The Morgan fingerprint density at radius 3 is 2.35 bits per heavy atom. The summed E-state index contributed by atoms with van der Waals surface area (Å²) in [6.45, 7) is 11.0. The van der Waals surface area contributed by atoms with E-state index >= 15 is 0 Å². The fourth-order valence-electron chi connectivity index (χ4n) is 4.74. The lowest BCUT2D eigenvalue weighted by molar-refractivity contribution is 0.0930. The minimum absolute atomic E-state index is 0.0419. The van der Waals surface area contributed by atoms with Crippen molar-refractivity contribution in [2.75, 3.05) is 31.2 Å². The number of aromatic nitrogens is 5. The molecule has 2 aromatic carbocycles. The maximum Gasteiger partial charge on any atom is 0.289 e. The van der Waals surface area contributed by atoms with Gasteiger partial charge in [0.1, 0.15) is 5.75 Å². The molecule has 10 heteroatoms. The summed E-state index contributed by atoms with van der Waals surface area (Å²) in [7, 11) is 1.86. The van der Waals surface area contributed by atoms with Crippen LogP contribution in [0, 0.1) is 0 Å². The highest BCUT2D eigenvalue weighted by Crippen LogP contribution is 2.37. The molecule has 0 unspecified atom stereocenters. The summed E-state index contributed by atoms with van der Waals surface area (Å²) in [4.78, 5) is 15.4. The second-order valence-electron chi connectivity index (χ2n) is 9.98. The molecule has 0 spiro atoms. The van der Waals surface area contributed by atoms with Crippen LogP contribution in [-0.2, 0) is 11.8 Å². The third kappa shape index (κ3) is 4.64. The Morgan fingerprint density at radius 1 is 1.03 bits per heavy atom. The highest BCUT2D eigenvalue weighted by atomic mass is 16.5. The molecule has 2 N–H and O–H groups in total. The van der Waals surface area contributed by atoms with Crippen LogP contribution < -0.4 is 10.2 Å². The monoisotopic (exact) mass is 503 g/mol. The van der Waals surface area contributed by atoms with Crippen molar-refractivity contribution in [1.29, 1.82) is 0 Å². The molecule has 10 nitrogen and oxygen atoms in total. The number of anilines is 1. The molecular formula is C27H33N7O3. The number of ether oxygens (including phenoxy) is 1. The summed E-state index contributed by atoms with van der Waals surface area (Å²) in [5.74, 6) is 0.429. The zero-order valence-electron chi connectivity index (χ0n) is 21.9. The van der Waals surface area contributed by atoms with Crippen LogP contribution in [0.3, 0.4) is 0 Å². The lowest BCUT2D eigenvalue weighted by Gasteiger charge is -2.29. The van der Waals surface area contributed by atoms with Gasteiger partial charge in [0.15, 0.2) is 5.82 Å². The van der Waals surface area contributed by atoms with Crippen molar-refractivity contribution in [3.05, 3.63) is 47.9 Å². The third-order valence-corrected chi connectivity index (χ3v) is 6.55. The molecule has 2 aromatic heterocycles. The van der Waals surface area contributed by atoms with Gasteiger partial charge in [-0.1, -0.05) is 13.8 Å². The second kappa shape index (κ2) is 9.85. The number of hydrogen-bond donors (Lipinski definition) is 2. The van der Waals surface area contributed by atoms with Crippen molar-refractivity contribution in [3.8, 4) is 22.8 Å². The van der Waals surface area contributed by atoms with Crippen LogP contribution in [0.1, 0.15) is 49.9 Å². The lowest BCUT2D eigenvalue weighted by Crippen LogP contribution is -2.36. The number of morpholine rings is 1. The number of carbonyl (C=O) groups excluding carboxylic acids is 1. The van der Waals surface area contributed by atoms with E-state index in [1.54, 1.807) is 15.3 Å². The zero-order valence-corrected chi connectivity index (χ0v) is 21.9. The minimum atomic E-state index is -0.337. The van der Waals surface area contributed by atoms with Crippen LogP contribution in [-0.4, -0.2) is 67.9 Å². The van der Waals surface area contributed by atoms with Crippen LogP contribution in [0.4, 0.5) is 5.69 Å². The molecule has 1 aliphatic heterocycles. The average molecular weight is 504 g/mol.